The van der Waals surface area contributed by atoms with Gasteiger partial charge in [0.05, 0.1) is 5.69 Å². The van der Waals surface area contributed by atoms with E-state index in [0.29, 0.717) is 5.56 Å². The molecule has 1 atom stereocenters. The molecule has 0 N–H and O–H groups in total. The predicted molar refractivity (Wildman–Crippen MR) is 72.2 cm³/mol. The monoisotopic (exact) mass is 300 g/mol. The van der Waals surface area contributed by atoms with E-state index in [0.717, 1.165) is 15.7 Å². The summed E-state index contributed by atoms with van der Waals surface area (Å²) < 4.78 is 0.930. The van der Waals surface area contributed by atoms with Gasteiger partial charge in [-0.25, -0.2) is 0 Å². The Morgan fingerprint density at radius 3 is 2.67 bits per heavy atom. The zero-order valence-corrected chi connectivity index (χ0v) is 11.0. The summed E-state index contributed by atoms with van der Waals surface area (Å²) in [6.07, 6.45) is 0. The van der Waals surface area contributed by atoms with E-state index in [4.69, 9.17) is 0 Å². The van der Waals surface area contributed by atoms with Crippen molar-refractivity contribution in [2.24, 2.45) is 10.2 Å². The van der Waals surface area contributed by atoms with Crippen molar-refractivity contribution in [2.75, 3.05) is 0 Å². The highest BCUT2D eigenvalue weighted by molar-refractivity contribution is 9.10. The van der Waals surface area contributed by atoms with Crippen LogP contribution in [0.5, 0.6) is 0 Å². The standard InChI is InChI=1S/C14H9BrN2O/c15-10-6-7-12-11(8-10)13(17-16-12)14(18)9-4-2-1-3-5-9/h1-8,13H/t13-/m1/s1. The van der Waals surface area contributed by atoms with E-state index in [-0.39, 0.29) is 5.78 Å². The number of carbonyl (C=O) groups is 1. The van der Waals surface area contributed by atoms with Crippen LogP contribution in [0.2, 0.25) is 0 Å². The molecule has 0 amide bonds. The Bertz CT molecular complexity index is 637. The van der Waals surface area contributed by atoms with Crippen molar-refractivity contribution >= 4 is 27.4 Å². The average molecular weight is 301 g/mol. The van der Waals surface area contributed by atoms with E-state index in [2.05, 4.69) is 26.2 Å². The molecule has 0 saturated carbocycles. The zero-order valence-electron chi connectivity index (χ0n) is 9.38. The lowest BCUT2D eigenvalue weighted by Crippen LogP contribution is -2.08. The molecule has 3 rings (SSSR count). The number of hydrogen-bond acceptors (Lipinski definition) is 3. The summed E-state index contributed by atoms with van der Waals surface area (Å²) in [5.74, 6) is -0.0174. The highest BCUT2D eigenvalue weighted by Gasteiger charge is 2.28. The van der Waals surface area contributed by atoms with Crippen LogP contribution in [-0.4, -0.2) is 5.78 Å². The summed E-state index contributed by atoms with van der Waals surface area (Å²) in [6.45, 7) is 0. The van der Waals surface area contributed by atoms with Gasteiger partial charge in [0.25, 0.3) is 0 Å². The molecule has 2 aromatic carbocycles. The van der Waals surface area contributed by atoms with Crippen LogP contribution >= 0.6 is 15.9 Å². The Kier molecular flexibility index (Phi) is 2.80. The van der Waals surface area contributed by atoms with Crippen LogP contribution in [0.1, 0.15) is 22.0 Å². The Hall–Kier alpha value is -1.81. The summed E-state index contributed by atoms with van der Waals surface area (Å²) in [4.78, 5) is 12.4. The third kappa shape index (κ3) is 1.88. The quantitative estimate of drug-likeness (QED) is 0.754. The van der Waals surface area contributed by atoms with Gasteiger partial charge in [0.1, 0.15) is 0 Å². The first kappa shape index (κ1) is 11.3. The number of ketones is 1. The smallest absolute Gasteiger partial charge is 0.193 e. The fourth-order valence-corrected chi connectivity index (χ4v) is 2.35. The van der Waals surface area contributed by atoms with E-state index in [1.165, 1.54) is 0 Å². The second kappa shape index (κ2) is 4.46. The lowest BCUT2D eigenvalue weighted by atomic mass is 9.98. The molecule has 2 aromatic rings. The van der Waals surface area contributed by atoms with Gasteiger partial charge in [0.2, 0.25) is 0 Å². The number of rotatable bonds is 2. The maximum atomic E-state index is 12.4. The first-order valence-electron chi connectivity index (χ1n) is 5.55. The number of azo groups is 1. The summed E-state index contributed by atoms with van der Waals surface area (Å²) >= 11 is 3.40. The van der Waals surface area contributed by atoms with Gasteiger partial charge in [-0.2, -0.15) is 10.2 Å². The second-order valence-corrected chi connectivity index (χ2v) is 4.97. The SMILES string of the molecule is O=C(c1ccccc1)[C@@H]1N=Nc2ccc(Br)cc21. The molecule has 3 nitrogen and oxygen atoms in total. The van der Waals surface area contributed by atoms with Crippen molar-refractivity contribution in [3.05, 3.63) is 64.1 Å². The fourth-order valence-electron chi connectivity index (χ4n) is 1.97. The van der Waals surface area contributed by atoms with E-state index in [1.54, 1.807) is 12.1 Å². The molecule has 88 valence electrons. The van der Waals surface area contributed by atoms with E-state index in [1.807, 2.05) is 36.4 Å². The van der Waals surface area contributed by atoms with Gasteiger partial charge in [-0.05, 0) is 18.2 Å². The van der Waals surface area contributed by atoms with Crippen molar-refractivity contribution in [1.29, 1.82) is 0 Å². The Morgan fingerprint density at radius 2 is 1.89 bits per heavy atom. The maximum absolute atomic E-state index is 12.4. The number of halogens is 1. The predicted octanol–water partition coefficient (Wildman–Crippen LogP) is 4.47. The molecule has 4 heteroatoms. The number of carbonyl (C=O) groups excluding carboxylic acids is 1. The summed E-state index contributed by atoms with van der Waals surface area (Å²) in [5, 5.41) is 8.13. The van der Waals surface area contributed by atoms with Gasteiger partial charge in [-0.15, -0.1) is 0 Å². The van der Waals surface area contributed by atoms with Gasteiger partial charge in [-0.1, -0.05) is 46.3 Å². The van der Waals surface area contributed by atoms with Crippen molar-refractivity contribution < 1.29 is 4.79 Å². The second-order valence-electron chi connectivity index (χ2n) is 4.05. The molecule has 0 radical (unpaired) electrons. The zero-order chi connectivity index (χ0) is 12.5. The number of benzene rings is 2. The molecule has 1 aliphatic rings. The number of Topliss-reactive ketones (excluding diaryl/α,β-unsaturated/α-hetero) is 1. The molecule has 0 spiro atoms. The molecule has 0 saturated heterocycles. The molecular weight excluding hydrogens is 292 g/mol. The van der Waals surface area contributed by atoms with Crippen molar-refractivity contribution in [3.8, 4) is 0 Å². The van der Waals surface area contributed by atoms with E-state index < -0.39 is 6.04 Å². The third-order valence-corrected chi connectivity index (χ3v) is 3.37. The van der Waals surface area contributed by atoms with Crippen LogP contribution in [0.4, 0.5) is 5.69 Å². The van der Waals surface area contributed by atoms with Gasteiger partial charge in [-0.3, -0.25) is 4.79 Å². The minimum atomic E-state index is -0.514. The highest BCUT2D eigenvalue weighted by Crippen LogP contribution is 2.38. The van der Waals surface area contributed by atoms with E-state index in [9.17, 15) is 4.79 Å². The lowest BCUT2D eigenvalue weighted by molar-refractivity contribution is 0.0962. The Morgan fingerprint density at radius 1 is 1.11 bits per heavy atom. The van der Waals surface area contributed by atoms with Gasteiger partial charge >= 0.3 is 0 Å². The molecular formula is C14H9BrN2O. The normalized spacial score (nSPS) is 16.6. The van der Waals surface area contributed by atoms with Gasteiger partial charge in [0.15, 0.2) is 11.8 Å². The van der Waals surface area contributed by atoms with Gasteiger partial charge in [0, 0.05) is 15.6 Å². The van der Waals surface area contributed by atoms with Crippen LogP contribution in [0, 0.1) is 0 Å². The fraction of sp³-hybridized carbons (Fsp3) is 0.0714. The van der Waals surface area contributed by atoms with Crippen LogP contribution in [0.3, 0.4) is 0 Å². The molecule has 0 aromatic heterocycles. The summed E-state index contributed by atoms with van der Waals surface area (Å²) in [6, 6.07) is 14.3. The molecule has 0 unspecified atom stereocenters. The van der Waals surface area contributed by atoms with Gasteiger partial charge < -0.3 is 0 Å². The van der Waals surface area contributed by atoms with Crippen molar-refractivity contribution in [3.63, 3.8) is 0 Å². The maximum Gasteiger partial charge on any atom is 0.193 e. The van der Waals surface area contributed by atoms with Crippen LogP contribution in [0.25, 0.3) is 0 Å². The van der Waals surface area contributed by atoms with E-state index >= 15 is 0 Å². The highest BCUT2D eigenvalue weighted by atomic mass is 79.9. The molecule has 1 aliphatic heterocycles. The lowest BCUT2D eigenvalue weighted by Gasteiger charge is -2.07. The number of nitrogens with zero attached hydrogens (tertiary/aromatic N) is 2. The van der Waals surface area contributed by atoms with Crippen LogP contribution < -0.4 is 0 Å². The first-order valence-corrected chi connectivity index (χ1v) is 6.34. The Balaban J connectivity index is 2.00. The van der Waals surface area contributed by atoms with Crippen molar-refractivity contribution in [2.45, 2.75) is 6.04 Å². The van der Waals surface area contributed by atoms with Crippen LogP contribution in [-0.2, 0) is 0 Å². The molecule has 0 aliphatic carbocycles. The van der Waals surface area contributed by atoms with Crippen LogP contribution in [0.15, 0.2) is 63.2 Å². The number of fused-ring (bicyclic) bond motifs is 1. The average Bonchev–Trinajstić information content (AvgIpc) is 2.82. The third-order valence-electron chi connectivity index (χ3n) is 2.87. The largest absolute Gasteiger partial charge is 0.291 e. The number of hydrogen-bond donors (Lipinski definition) is 0. The summed E-state index contributed by atoms with van der Waals surface area (Å²) in [7, 11) is 0. The minimum Gasteiger partial charge on any atom is -0.291 e. The molecule has 0 bridgehead atoms. The summed E-state index contributed by atoms with van der Waals surface area (Å²) in [5.41, 5.74) is 2.29. The van der Waals surface area contributed by atoms with Crippen molar-refractivity contribution in [1.82, 2.24) is 0 Å². The minimum absolute atomic E-state index is 0.0174. The molecule has 0 fully saturated rings. The topological polar surface area (TPSA) is 41.8 Å². The molecule has 18 heavy (non-hydrogen) atoms. The molecule has 1 heterocycles. The first-order chi connectivity index (χ1) is 8.75. The Labute approximate surface area is 113 Å².